The van der Waals surface area contributed by atoms with E-state index in [4.69, 9.17) is 0 Å². The van der Waals surface area contributed by atoms with E-state index in [9.17, 15) is 14.4 Å². The molecule has 4 rings (SSSR count). The van der Waals surface area contributed by atoms with Crippen LogP contribution < -0.4 is 9.80 Å². The van der Waals surface area contributed by atoms with E-state index in [1.165, 1.54) is 23.1 Å². The van der Waals surface area contributed by atoms with Crippen molar-refractivity contribution in [2.75, 3.05) is 22.6 Å². The average molecular weight is 417 g/mol. The molecule has 2 aromatic rings. The Balaban J connectivity index is 1.41. The van der Waals surface area contributed by atoms with Gasteiger partial charge in [0.2, 0.25) is 16.9 Å². The second kappa shape index (κ2) is 7.63. The van der Waals surface area contributed by atoms with Crippen LogP contribution in [0.3, 0.4) is 0 Å². The molecule has 146 valence electrons. The summed E-state index contributed by atoms with van der Waals surface area (Å²) < 4.78 is 0.675. The van der Waals surface area contributed by atoms with Gasteiger partial charge in [-0.05, 0) is 36.6 Å². The Kier molecular flexibility index (Phi) is 5.20. The highest BCUT2D eigenvalue weighted by atomic mass is 32.2. The Morgan fingerprint density at radius 1 is 1.32 bits per heavy atom. The Morgan fingerprint density at radius 2 is 2.11 bits per heavy atom. The van der Waals surface area contributed by atoms with Crippen LogP contribution in [-0.4, -0.2) is 46.6 Å². The molecule has 1 fully saturated rings. The van der Waals surface area contributed by atoms with Gasteiger partial charge in [-0.1, -0.05) is 30.0 Å². The standard InChI is InChI=1S/C19H20N4O3S2/c1-3-16(25)23(13-5-6-13)18-20-21-19(28-18)27-10-15(24)11-4-7-14-12(8-11)9-17(26)22(14)2/h4,7-8,13H,3,5-6,9-10H2,1-2H3. The number of aromatic nitrogens is 2. The minimum Gasteiger partial charge on any atom is -0.315 e. The molecule has 1 aromatic heterocycles. The molecule has 9 heteroatoms. The van der Waals surface area contributed by atoms with E-state index in [0.29, 0.717) is 27.9 Å². The van der Waals surface area contributed by atoms with Crippen molar-refractivity contribution in [1.29, 1.82) is 0 Å². The van der Waals surface area contributed by atoms with Gasteiger partial charge in [-0.2, -0.15) is 0 Å². The summed E-state index contributed by atoms with van der Waals surface area (Å²) in [6.45, 7) is 1.84. The van der Waals surface area contributed by atoms with Crippen LogP contribution in [-0.2, 0) is 16.0 Å². The molecule has 2 aliphatic rings. The van der Waals surface area contributed by atoms with E-state index in [0.717, 1.165) is 24.1 Å². The fourth-order valence-electron chi connectivity index (χ4n) is 3.18. The van der Waals surface area contributed by atoms with E-state index in [1.54, 1.807) is 29.0 Å². The molecule has 28 heavy (non-hydrogen) atoms. The summed E-state index contributed by atoms with van der Waals surface area (Å²) in [6, 6.07) is 5.63. The van der Waals surface area contributed by atoms with Crippen molar-refractivity contribution in [3.8, 4) is 0 Å². The van der Waals surface area contributed by atoms with E-state index in [1.807, 2.05) is 13.0 Å². The zero-order valence-corrected chi connectivity index (χ0v) is 17.3. The second-order valence-corrected chi connectivity index (χ2v) is 9.06. The molecule has 0 N–H and O–H groups in total. The number of amides is 2. The number of hydrogen-bond donors (Lipinski definition) is 0. The quantitative estimate of drug-likeness (QED) is 0.392. The van der Waals surface area contributed by atoms with E-state index in [-0.39, 0.29) is 29.4 Å². The van der Waals surface area contributed by atoms with Gasteiger partial charge in [0, 0.05) is 30.8 Å². The highest BCUT2D eigenvalue weighted by molar-refractivity contribution is 8.01. The lowest BCUT2D eigenvalue weighted by Crippen LogP contribution is -2.32. The summed E-state index contributed by atoms with van der Waals surface area (Å²) in [4.78, 5) is 39.9. The van der Waals surface area contributed by atoms with E-state index < -0.39 is 0 Å². The maximum atomic E-state index is 12.6. The molecule has 2 amide bonds. The number of rotatable bonds is 7. The lowest BCUT2D eigenvalue weighted by Gasteiger charge is -2.17. The number of benzene rings is 1. The van der Waals surface area contributed by atoms with Gasteiger partial charge in [0.1, 0.15) is 0 Å². The topological polar surface area (TPSA) is 83.5 Å². The summed E-state index contributed by atoms with van der Waals surface area (Å²) in [7, 11) is 1.74. The SMILES string of the molecule is CCC(=O)N(c1nnc(SCC(=O)c2ccc3c(c2)CC(=O)N3C)s1)C1CC1. The summed E-state index contributed by atoms with van der Waals surface area (Å²) in [5, 5.41) is 8.92. The number of thioether (sulfide) groups is 1. The van der Waals surface area contributed by atoms with Crippen LogP contribution in [0.15, 0.2) is 22.5 Å². The van der Waals surface area contributed by atoms with Gasteiger partial charge in [0.05, 0.1) is 12.2 Å². The fourth-order valence-corrected chi connectivity index (χ4v) is 5.01. The second-order valence-electron chi connectivity index (χ2n) is 6.88. The molecular weight excluding hydrogens is 396 g/mol. The normalized spacial score (nSPS) is 15.6. The summed E-state index contributed by atoms with van der Waals surface area (Å²) >= 11 is 2.68. The third kappa shape index (κ3) is 3.68. The maximum absolute atomic E-state index is 12.6. The van der Waals surface area contributed by atoms with Gasteiger partial charge in [-0.15, -0.1) is 10.2 Å². The molecule has 0 spiro atoms. The van der Waals surface area contributed by atoms with E-state index >= 15 is 0 Å². The zero-order chi connectivity index (χ0) is 19.8. The monoisotopic (exact) mass is 416 g/mol. The van der Waals surface area contributed by atoms with Crippen LogP contribution in [0.25, 0.3) is 0 Å². The first-order valence-corrected chi connectivity index (χ1v) is 11.0. The Labute approximate surface area is 171 Å². The molecule has 7 nitrogen and oxygen atoms in total. The molecule has 0 atom stereocenters. The molecule has 1 saturated carbocycles. The van der Waals surface area contributed by atoms with Gasteiger partial charge >= 0.3 is 0 Å². The first-order chi connectivity index (χ1) is 13.5. The van der Waals surface area contributed by atoms with Crippen molar-refractivity contribution in [3.05, 3.63) is 29.3 Å². The first kappa shape index (κ1) is 19.1. The van der Waals surface area contributed by atoms with Crippen molar-refractivity contribution in [2.45, 2.75) is 43.0 Å². The molecule has 2 heterocycles. The van der Waals surface area contributed by atoms with Crippen LogP contribution in [0.4, 0.5) is 10.8 Å². The van der Waals surface area contributed by atoms with Gasteiger partial charge in [0.15, 0.2) is 10.1 Å². The molecule has 0 unspecified atom stereocenters. The number of nitrogens with zero attached hydrogens (tertiary/aromatic N) is 4. The largest absolute Gasteiger partial charge is 0.315 e. The minimum atomic E-state index is -0.0183. The lowest BCUT2D eigenvalue weighted by atomic mass is 10.1. The summed E-state index contributed by atoms with van der Waals surface area (Å²) in [6.07, 6.45) is 2.78. The fraction of sp³-hybridized carbons (Fsp3) is 0.421. The van der Waals surface area contributed by atoms with E-state index in [2.05, 4.69) is 10.2 Å². The Hall–Kier alpha value is -2.26. The van der Waals surface area contributed by atoms with Crippen molar-refractivity contribution in [2.24, 2.45) is 0 Å². The third-order valence-electron chi connectivity index (χ3n) is 4.89. The number of ketones is 1. The molecule has 1 aliphatic carbocycles. The van der Waals surface area contributed by atoms with Crippen molar-refractivity contribution in [1.82, 2.24) is 10.2 Å². The van der Waals surface area contributed by atoms with Crippen LogP contribution in [0.2, 0.25) is 0 Å². The number of likely N-dealkylation sites (N-methyl/N-ethyl adjacent to an activating group) is 1. The maximum Gasteiger partial charge on any atom is 0.231 e. The third-order valence-corrected chi connectivity index (χ3v) is 6.95. The smallest absolute Gasteiger partial charge is 0.231 e. The number of carbonyl (C=O) groups is 3. The molecule has 0 saturated heterocycles. The Morgan fingerprint density at radius 3 is 2.82 bits per heavy atom. The highest BCUT2D eigenvalue weighted by Gasteiger charge is 2.35. The number of anilines is 2. The van der Waals surface area contributed by atoms with Gasteiger partial charge < -0.3 is 4.90 Å². The molecule has 0 bridgehead atoms. The Bertz CT molecular complexity index is 954. The predicted octanol–water partition coefficient (Wildman–Crippen LogP) is 2.94. The highest BCUT2D eigenvalue weighted by Crippen LogP contribution is 2.36. The molecular formula is C19H20N4O3S2. The van der Waals surface area contributed by atoms with Gasteiger partial charge in [-0.25, -0.2) is 0 Å². The minimum absolute atomic E-state index is 0.0183. The van der Waals surface area contributed by atoms with Crippen molar-refractivity contribution in [3.63, 3.8) is 0 Å². The zero-order valence-electron chi connectivity index (χ0n) is 15.7. The lowest BCUT2D eigenvalue weighted by molar-refractivity contribution is -0.118. The van der Waals surface area contributed by atoms with Crippen LogP contribution in [0.1, 0.15) is 42.1 Å². The number of carbonyl (C=O) groups excluding carboxylic acids is 3. The first-order valence-electron chi connectivity index (χ1n) is 9.19. The number of hydrogen-bond acceptors (Lipinski definition) is 7. The van der Waals surface area contributed by atoms with Crippen LogP contribution >= 0.6 is 23.1 Å². The summed E-state index contributed by atoms with van der Waals surface area (Å²) in [5.74, 6) is 0.318. The molecule has 1 aromatic carbocycles. The number of fused-ring (bicyclic) bond motifs is 1. The average Bonchev–Trinajstić information content (AvgIpc) is 3.34. The molecule has 1 aliphatic heterocycles. The van der Waals surface area contributed by atoms with Crippen LogP contribution in [0, 0.1) is 0 Å². The van der Waals surface area contributed by atoms with Crippen molar-refractivity contribution >= 4 is 51.5 Å². The van der Waals surface area contributed by atoms with Crippen molar-refractivity contribution < 1.29 is 14.4 Å². The molecule has 0 radical (unpaired) electrons. The summed E-state index contributed by atoms with van der Waals surface area (Å²) in [5.41, 5.74) is 2.35. The van der Waals surface area contributed by atoms with Crippen LogP contribution in [0.5, 0.6) is 0 Å². The van der Waals surface area contributed by atoms with Gasteiger partial charge in [0.25, 0.3) is 0 Å². The van der Waals surface area contributed by atoms with Gasteiger partial charge in [-0.3, -0.25) is 19.3 Å². The number of Topliss-reactive ketones (excluding diaryl/α,β-unsaturated/α-hetero) is 1. The predicted molar refractivity (Wildman–Crippen MR) is 109 cm³/mol.